The number of hydrogen-bond donors (Lipinski definition) is 5. The van der Waals surface area contributed by atoms with Crippen LogP contribution in [-0.2, 0) is 4.79 Å². The molecule has 70 valence electrons. The lowest BCUT2D eigenvalue weighted by Gasteiger charge is -2.34. The predicted molar refractivity (Wildman–Crippen MR) is 35.0 cm³/mol. The fourth-order valence-corrected chi connectivity index (χ4v) is 1.09. The number of ketones is 1. The maximum atomic E-state index is 10.8. The molecule has 1 fully saturated rings. The Bertz CT molecular complexity index is 174. The number of hydrogen-bond acceptors (Lipinski definition) is 6. The largest absolute Gasteiger partial charge is 0.387 e. The zero-order chi connectivity index (χ0) is 9.46. The van der Waals surface area contributed by atoms with E-state index in [9.17, 15) is 4.79 Å². The van der Waals surface area contributed by atoms with E-state index < -0.39 is 36.3 Å². The van der Waals surface area contributed by atoms with E-state index in [0.717, 1.165) is 0 Å². The molecule has 6 heteroatoms. The molecular weight excluding hydrogens is 168 g/mol. The summed E-state index contributed by atoms with van der Waals surface area (Å²) < 4.78 is 0. The second-order valence-electron chi connectivity index (χ2n) is 2.76. The normalized spacial score (nSPS) is 49.4. The van der Waals surface area contributed by atoms with Crippen molar-refractivity contribution in [3.63, 3.8) is 0 Å². The number of aliphatic hydroxyl groups excluding tert-OH is 5. The van der Waals surface area contributed by atoms with Crippen LogP contribution >= 0.6 is 0 Å². The van der Waals surface area contributed by atoms with Gasteiger partial charge in [0.25, 0.3) is 0 Å². The molecule has 4 unspecified atom stereocenters. The standard InChI is InChI=1S/C6H10O6/c7-1-2(8)4(10)6(12)5(11)3(1)9/h1-5,7-11H/t1?,2?,3?,4-,5?/m0/s1. The minimum atomic E-state index is -1.83. The Kier molecular flexibility index (Phi) is 2.45. The van der Waals surface area contributed by atoms with E-state index in [-0.39, 0.29) is 0 Å². The number of Topliss-reactive ketones (excluding diaryl/α,β-unsaturated/α-hetero) is 1. The lowest BCUT2D eigenvalue weighted by molar-refractivity contribution is -0.185. The van der Waals surface area contributed by atoms with Crippen LogP contribution in [0.15, 0.2) is 0 Å². The summed E-state index contributed by atoms with van der Waals surface area (Å²) in [6.45, 7) is 0. The predicted octanol–water partition coefficient (Wildman–Crippen LogP) is -3.63. The summed E-state index contributed by atoms with van der Waals surface area (Å²) in [4.78, 5) is 10.8. The zero-order valence-electron chi connectivity index (χ0n) is 6.03. The van der Waals surface area contributed by atoms with E-state index in [2.05, 4.69) is 0 Å². The Balaban J connectivity index is 2.83. The van der Waals surface area contributed by atoms with Crippen molar-refractivity contribution in [2.45, 2.75) is 30.5 Å². The van der Waals surface area contributed by atoms with Crippen molar-refractivity contribution in [2.75, 3.05) is 0 Å². The monoisotopic (exact) mass is 178 g/mol. The lowest BCUT2D eigenvalue weighted by Crippen LogP contribution is -2.61. The highest BCUT2D eigenvalue weighted by Gasteiger charge is 2.47. The van der Waals surface area contributed by atoms with E-state index >= 15 is 0 Å². The fraction of sp³-hybridized carbons (Fsp3) is 0.833. The van der Waals surface area contributed by atoms with Gasteiger partial charge < -0.3 is 25.5 Å². The van der Waals surface area contributed by atoms with Gasteiger partial charge in [-0.3, -0.25) is 4.79 Å². The molecule has 1 saturated carbocycles. The minimum absolute atomic E-state index is 1.08. The summed E-state index contributed by atoms with van der Waals surface area (Å²) in [6.07, 6.45) is -8.85. The molecule has 0 radical (unpaired) electrons. The van der Waals surface area contributed by atoms with Crippen LogP contribution < -0.4 is 0 Å². The topological polar surface area (TPSA) is 118 Å². The number of carbonyl (C=O) groups is 1. The second kappa shape index (κ2) is 3.08. The van der Waals surface area contributed by atoms with Crippen LogP contribution in [0, 0.1) is 0 Å². The van der Waals surface area contributed by atoms with Gasteiger partial charge in [-0.2, -0.15) is 0 Å². The first-order chi connectivity index (χ1) is 5.46. The van der Waals surface area contributed by atoms with E-state index in [1.807, 2.05) is 0 Å². The van der Waals surface area contributed by atoms with Crippen molar-refractivity contribution in [2.24, 2.45) is 0 Å². The molecule has 5 N–H and O–H groups in total. The Morgan fingerprint density at radius 3 is 1.42 bits per heavy atom. The Labute approximate surface area is 67.7 Å². The summed E-state index contributed by atoms with van der Waals surface area (Å²) in [7, 11) is 0. The van der Waals surface area contributed by atoms with Crippen LogP contribution in [0.3, 0.4) is 0 Å². The smallest absolute Gasteiger partial charge is 0.195 e. The van der Waals surface area contributed by atoms with Gasteiger partial charge in [0.1, 0.15) is 30.5 Å². The molecule has 0 aliphatic heterocycles. The quantitative estimate of drug-likeness (QED) is 0.261. The first-order valence-electron chi connectivity index (χ1n) is 3.41. The highest BCUT2D eigenvalue weighted by Crippen LogP contribution is 2.17. The molecule has 0 amide bonds. The van der Waals surface area contributed by atoms with Crippen LogP contribution in [0.5, 0.6) is 0 Å². The first kappa shape index (κ1) is 9.56. The summed E-state index contributed by atoms with van der Waals surface area (Å²) in [5.41, 5.74) is 0. The summed E-state index contributed by atoms with van der Waals surface area (Å²) in [5, 5.41) is 44.5. The van der Waals surface area contributed by atoms with Crippen LogP contribution in [0.1, 0.15) is 0 Å². The molecule has 0 aromatic carbocycles. The molecule has 1 aliphatic rings. The maximum absolute atomic E-state index is 10.8. The van der Waals surface area contributed by atoms with Crippen molar-refractivity contribution < 1.29 is 30.3 Å². The first-order valence-corrected chi connectivity index (χ1v) is 3.41. The SMILES string of the molecule is O=C1C(O)C(O)C(O)C(O)[C@@H]1O. The van der Waals surface area contributed by atoms with E-state index in [4.69, 9.17) is 25.5 Å². The molecule has 5 atom stereocenters. The molecule has 0 bridgehead atoms. The fourth-order valence-electron chi connectivity index (χ4n) is 1.09. The van der Waals surface area contributed by atoms with Gasteiger partial charge in [-0.1, -0.05) is 0 Å². The minimum Gasteiger partial charge on any atom is -0.387 e. The summed E-state index contributed by atoms with van der Waals surface area (Å²) in [6, 6.07) is 0. The molecule has 0 heterocycles. The van der Waals surface area contributed by atoms with Gasteiger partial charge >= 0.3 is 0 Å². The number of rotatable bonds is 0. The molecule has 0 saturated heterocycles. The molecular formula is C6H10O6. The van der Waals surface area contributed by atoms with Gasteiger partial charge in [0, 0.05) is 0 Å². The number of carbonyl (C=O) groups excluding carboxylic acids is 1. The van der Waals surface area contributed by atoms with Gasteiger partial charge in [0.15, 0.2) is 5.78 Å². The maximum Gasteiger partial charge on any atom is 0.195 e. The highest BCUT2D eigenvalue weighted by atomic mass is 16.4. The molecule has 0 aromatic heterocycles. The molecule has 0 spiro atoms. The van der Waals surface area contributed by atoms with Gasteiger partial charge in [0.05, 0.1) is 0 Å². The van der Waals surface area contributed by atoms with E-state index in [1.165, 1.54) is 0 Å². The summed E-state index contributed by atoms with van der Waals surface area (Å²) >= 11 is 0. The summed E-state index contributed by atoms with van der Waals surface area (Å²) in [5.74, 6) is -1.08. The Morgan fingerprint density at radius 1 is 0.750 bits per heavy atom. The van der Waals surface area contributed by atoms with Crippen LogP contribution in [0.4, 0.5) is 0 Å². The second-order valence-corrected chi connectivity index (χ2v) is 2.76. The third kappa shape index (κ3) is 1.23. The van der Waals surface area contributed by atoms with Crippen molar-refractivity contribution in [1.29, 1.82) is 0 Å². The Hall–Kier alpha value is -0.530. The third-order valence-corrected chi connectivity index (χ3v) is 1.93. The van der Waals surface area contributed by atoms with Crippen LogP contribution in [0.2, 0.25) is 0 Å². The highest BCUT2D eigenvalue weighted by molar-refractivity contribution is 5.89. The zero-order valence-corrected chi connectivity index (χ0v) is 6.03. The Morgan fingerprint density at radius 2 is 1.08 bits per heavy atom. The van der Waals surface area contributed by atoms with E-state index in [0.29, 0.717) is 0 Å². The van der Waals surface area contributed by atoms with Gasteiger partial charge in [0.2, 0.25) is 0 Å². The number of aliphatic hydroxyl groups is 5. The molecule has 12 heavy (non-hydrogen) atoms. The van der Waals surface area contributed by atoms with Gasteiger partial charge in [-0.15, -0.1) is 0 Å². The molecule has 0 aromatic rings. The van der Waals surface area contributed by atoms with Gasteiger partial charge in [-0.05, 0) is 0 Å². The molecule has 1 rings (SSSR count). The molecule has 1 aliphatic carbocycles. The van der Waals surface area contributed by atoms with Crippen LogP contribution in [-0.4, -0.2) is 61.8 Å². The molecule has 6 nitrogen and oxygen atoms in total. The lowest BCUT2D eigenvalue weighted by atomic mass is 9.86. The van der Waals surface area contributed by atoms with Gasteiger partial charge in [-0.25, -0.2) is 0 Å². The average molecular weight is 178 g/mol. The third-order valence-electron chi connectivity index (χ3n) is 1.93. The average Bonchev–Trinajstić information content (AvgIpc) is 2.08. The van der Waals surface area contributed by atoms with Crippen LogP contribution in [0.25, 0.3) is 0 Å². The van der Waals surface area contributed by atoms with Crippen molar-refractivity contribution >= 4 is 5.78 Å². The van der Waals surface area contributed by atoms with Crippen molar-refractivity contribution in [3.8, 4) is 0 Å². The van der Waals surface area contributed by atoms with E-state index in [1.54, 1.807) is 0 Å². The van der Waals surface area contributed by atoms with Crippen molar-refractivity contribution in [1.82, 2.24) is 0 Å². The van der Waals surface area contributed by atoms with Crippen molar-refractivity contribution in [3.05, 3.63) is 0 Å².